The molecule has 0 aromatic carbocycles. The van der Waals surface area contributed by atoms with Crippen molar-refractivity contribution in [1.29, 1.82) is 0 Å². The standard InChI is InChI=1S/C5H8Cl2N2O3/c6-9(7)4(10)2-1-3(8)5(11)12/h3H,1-2,8H2,(H,11,12). The van der Waals surface area contributed by atoms with Crippen LogP contribution in [0.2, 0.25) is 0 Å². The van der Waals surface area contributed by atoms with Gasteiger partial charge in [-0.05, 0) is 6.42 Å². The van der Waals surface area contributed by atoms with Crippen molar-refractivity contribution in [2.45, 2.75) is 18.9 Å². The predicted octanol–water partition coefficient (Wildman–Crippen LogP) is 0.315. The second-order valence-electron chi connectivity index (χ2n) is 2.11. The predicted molar refractivity (Wildman–Crippen MR) is 43.4 cm³/mol. The Morgan fingerprint density at radius 3 is 2.33 bits per heavy atom. The third-order valence-electron chi connectivity index (χ3n) is 1.17. The Kier molecular flexibility index (Phi) is 4.96. The van der Waals surface area contributed by atoms with Gasteiger partial charge in [-0.15, -0.1) is 0 Å². The molecule has 0 aliphatic carbocycles. The van der Waals surface area contributed by atoms with E-state index in [-0.39, 0.29) is 12.8 Å². The van der Waals surface area contributed by atoms with Crippen LogP contribution in [0.1, 0.15) is 12.8 Å². The normalized spacial score (nSPS) is 12.2. The van der Waals surface area contributed by atoms with Gasteiger partial charge in [0.1, 0.15) is 6.04 Å². The number of halogens is 2. The summed E-state index contributed by atoms with van der Waals surface area (Å²) in [6.45, 7) is 0. The highest BCUT2D eigenvalue weighted by Crippen LogP contribution is 2.05. The van der Waals surface area contributed by atoms with Crippen LogP contribution in [0.25, 0.3) is 0 Å². The SMILES string of the molecule is NC(CCC(=O)N(Cl)Cl)C(=O)O. The first kappa shape index (κ1) is 11.5. The molecule has 0 saturated carbocycles. The number of nitrogens with two attached hydrogens (primary N) is 1. The van der Waals surface area contributed by atoms with Crippen LogP contribution in [0.4, 0.5) is 0 Å². The molecule has 3 N–H and O–H groups in total. The number of carboxylic acids is 1. The number of carbonyl (C=O) groups is 2. The van der Waals surface area contributed by atoms with Crippen LogP contribution in [0.3, 0.4) is 0 Å². The number of aliphatic carboxylic acids is 1. The molecule has 0 aromatic rings. The summed E-state index contributed by atoms with van der Waals surface area (Å²) in [6.07, 6.45) is -0.0649. The van der Waals surface area contributed by atoms with Crippen molar-refractivity contribution in [2.24, 2.45) is 5.73 Å². The molecule has 0 aliphatic heterocycles. The first-order chi connectivity index (χ1) is 5.45. The molecule has 1 unspecified atom stereocenters. The number of rotatable bonds is 4. The average Bonchev–Trinajstić information content (AvgIpc) is 1.98. The first-order valence-electron chi connectivity index (χ1n) is 3.08. The zero-order chi connectivity index (χ0) is 9.72. The molecule has 7 heteroatoms. The Balaban J connectivity index is 3.69. The van der Waals surface area contributed by atoms with Crippen LogP contribution in [-0.2, 0) is 9.59 Å². The number of carboxylic acid groups (broad SMARTS) is 1. The monoisotopic (exact) mass is 214 g/mol. The molecule has 0 fully saturated rings. The summed E-state index contributed by atoms with van der Waals surface area (Å²) in [6, 6.07) is -1.05. The first-order valence-corrected chi connectivity index (χ1v) is 3.75. The second-order valence-corrected chi connectivity index (χ2v) is 2.96. The van der Waals surface area contributed by atoms with Crippen LogP contribution in [0, 0.1) is 0 Å². The molecule has 5 nitrogen and oxygen atoms in total. The van der Waals surface area contributed by atoms with E-state index < -0.39 is 17.9 Å². The second kappa shape index (κ2) is 5.18. The fraction of sp³-hybridized carbons (Fsp3) is 0.600. The molecule has 0 spiro atoms. The Labute approximate surface area is 79.2 Å². The fourth-order valence-electron chi connectivity index (χ4n) is 0.487. The fourth-order valence-corrected chi connectivity index (χ4v) is 0.656. The molecule has 0 aliphatic rings. The molecular weight excluding hydrogens is 207 g/mol. The minimum absolute atomic E-state index is 0.0180. The van der Waals surface area contributed by atoms with Crippen molar-refractivity contribution >= 4 is 35.4 Å². The maximum atomic E-state index is 10.7. The van der Waals surface area contributed by atoms with Crippen LogP contribution >= 0.6 is 23.6 Å². The van der Waals surface area contributed by atoms with Crippen molar-refractivity contribution < 1.29 is 14.7 Å². The van der Waals surface area contributed by atoms with Gasteiger partial charge in [0, 0.05) is 30.0 Å². The zero-order valence-electron chi connectivity index (χ0n) is 6.04. The summed E-state index contributed by atoms with van der Waals surface area (Å²) in [4.78, 5) is 20.8. The van der Waals surface area contributed by atoms with Crippen molar-refractivity contribution in [3.05, 3.63) is 0 Å². The minimum Gasteiger partial charge on any atom is -0.480 e. The highest BCUT2D eigenvalue weighted by Gasteiger charge is 2.15. The molecule has 0 bridgehead atoms. The number of amides is 1. The minimum atomic E-state index is -1.15. The molecule has 70 valence electrons. The molecular formula is C5H8Cl2N2O3. The summed E-state index contributed by atoms with van der Waals surface area (Å²) in [5.74, 6) is -1.73. The van der Waals surface area contributed by atoms with E-state index in [1.807, 2.05) is 0 Å². The number of hydrogen-bond donors (Lipinski definition) is 2. The molecule has 1 amide bonds. The number of carbonyl (C=O) groups excluding carboxylic acids is 1. The van der Waals surface area contributed by atoms with Gasteiger partial charge in [0.15, 0.2) is 0 Å². The molecule has 1 atom stereocenters. The largest absolute Gasteiger partial charge is 0.480 e. The Morgan fingerprint density at radius 2 is 2.00 bits per heavy atom. The van der Waals surface area contributed by atoms with Gasteiger partial charge in [0.25, 0.3) is 5.91 Å². The lowest BCUT2D eigenvalue weighted by Gasteiger charge is -2.06. The van der Waals surface area contributed by atoms with E-state index >= 15 is 0 Å². The lowest BCUT2D eigenvalue weighted by Crippen LogP contribution is -2.31. The van der Waals surface area contributed by atoms with Gasteiger partial charge in [-0.1, -0.05) is 0 Å². The van der Waals surface area contributed by atoms with Gasteiger partial charge in [-0.3, -0.25) is 9.59 Å². The maximum absolute atomic E-state index is 10.7. The van der Waals surface area contributed by atoms with Crippen LogP contribution in [0.5, 0.6) is 0 Å². The Hall–Kier alpha value is -0.520. The number of nitrogens with zero attached hydrogens (tertiary/aromatic N) is 1. The molecule has 0 saturated heterocycles. The van der Waals surface area contributed by atoms with E-state index in [1.165, 1.54) is 0 Å². The average molecular weight is 215 g/mol. The summed E-state index contributed by atoms with van der Waals surface area (Å²) in [5.41, 5.74) is 5.11. The van der Waals surface area contributed by atoms with Gasteiger partial charge < -0.3 is 10.8 Å². The van der Waals surface area contributed by atoms with Crippen molar-refractivity contribution in [3.63, 3.8) is 0 Å². The van der Waals surface area contributed by atoms with E-state index in [1.54, 1.807) is 0 Å². The quantitative estimate of drug-likeness (QED) is 0.661. The number of hydrogen-bond acceptors (Lipinski definition) is 3. The summed E-state index contributed by atoms with van der Waals surface area (Å²) < 4.78 is 0.356. The lowest BCUT2D eigenvalue weighted by atomic mass is 10.2. The van der Waals surface area contributed by atoms with E-state index in [2.05, 4.69) is 0 Å². The highest BCUT2D eigenvalue weighted by atomic mass is 35.5. The van der Waals surface area contributed by atoms with Crippen LogP contribution < -0.4 is 5.73 Å². The highest BCUT2D eigenvalue weighted by molar-refractivity contribution is 6.41. The van der Waals surface area contributed by atoms with Gasteiger partial charge >= 0.3 is 5.97 Å². The molecule has 0 aromatic heterocycles. The summed E-state index contributed by atoms with van der Waals surface area (Å²) >= 11 is 10.1. The molecule has 0 heterocycles. The van der Waals surface area contributed by atoms with E-state index in [0.29, 0.717) is 3.94 Å². The van der Waals surface area contributed by atoms with Gasteiger partial charge in [-0.25, -0.2) is 0 Å². The summed E-state index contributed by atoms with van der Waals surface area (Å²) in [7, 11) is 0. The third-order valence-corrected chi connectivity index (χ3v) is 1.55. The lowest BCUT2D eigenvalue weighted by molar-refractivity contribution is -0.138. The van der Waals surface area contributed by atoms with E-state index in [0.717, 1.165) is 0 Å². The molecule has 0 radical (unpaired) electrons. The molecule has 0 rings (SSSR count). The van der Waals surface area contributed by atoms with Crippen molar-refractivity contribution in [2.75, 3.05) is 0 Å². The third kappa shape index (κ3) is 4.38. The maximum Gasteiger partial charge on any atom is 0.320 e. The molecule has 12 heavy (non-hydrogen) atoms. The smallest absolute Gasteiger partial charge is 0.320 e. The van der Waals surface area contributed by atoms with Crippen LogP contribution in [0.15, 0.2) is 0 Å². The summed E-state index contributed by atoms with van der Waals surface area (Å²) in [5, 5.41) is 8.32. The van der Waals surface area contributed by atoms with Crippen molar-refractivity contribution in [3.8, 4) is 0 Å². The van der Waals surface area contributed by atoms with Crippen molar-refractivity contribution in [1.82, 2.24) is 3.94 Å². The Morgan fingerprint density at radius 1 is 1.50 bits per heavy atom. The van der Waals surface area contributed by atoms with Gasteiger partial charge in [-0.2, -0.15) is 3.94 Å². The topological polar surface area (TPSA) is 83.6 Å². The van der Waals surface area contributed by atoms with Gasteiger partial charge in [0.05, 0.1) is 0 Å². The van der Waals surface area contributed by atoms with Gasteiger partial charge in [0.2, 0.25) is 0 Å². The Bertz CT molecular complexity index is 186. The zero-order valence-corrected chi connectivity index (χ0v) is 7.55. The van der Waals surface area contributed by atoms with Crippen LogP contribution in [-0.4, -0.2) is 27.0 Å². The van der Waals surface area contributed by atoms with E-state index in [4.69, 9.17) is 34.4 Å². The van der Waals surface area contributed by atoms with E-state index in [9.17, 15) is 9.59 Å².